The smallest absolute Gasteiger partial charge is 0.222 e. The SMILES string of the molecule is CC(=O)NC1C(OCCCCC(=O)NCCCNC(=O)CCOCC(C)(COCCC(=O)NCCCNC(=O)CCCCOC2OC(CO)C(O)C(O)C2NC(C)=O)COCCC(=O)NCCCNC(=O)CCCCOC2OC(CO)C(O)C(O)C2NC(C)=O)OC(CO)C(O)C1O.CCC(=O)CCCCCCCCCCC(=O)N1C[C@H](O)C[C@H]1CO. The molecule has 41 heteroatoms. The van der Waals surface area contributed by atoms with Crippen LogP contribution in [-0.4, -0.2) is 362 Å². The van der Waals surface area contributed by atoms with Gasteiger partial charge in [-0.15, -0.1) is 0 Å². The zero-order valence-electron chi connectivity index (χ0n) is 72.1. The van der Waals surface area contributed by atoms with Gasteiger partial charge in [-0.05, 0) is 77.0 Å². The molecule has 0 bridgehead atoms. The minimum Gasteiger partial charge on any atom is -0.394 e. The van der Waals surface area contributed by atoms with Crippen molar-refractivity contribution in [1.82, 2.24) is 52.8 Å². The summed E-state index contributed by atoms with van der Waals surface area (Å²) in [6.45, 7) is 8.43. The topological polar surface area (TPSA) is 605 Å². The van der Waals surface area contributed by atoms with E-state index < -0.39 is 141 Å². The highest BCUT2D eigenvalue weighted by molar-refractivity contribution is 5.79. The van der Waals surface area contributed by atoms with Crippen LogP contribution in [0.4, 0.5) is 0 Å². The lowest BCUT2D eigenvalue weighted by Gasteiger charge is -2.42. The van der Waals surface area contributed by atoms with Gasteiger partial charge < -0.3 is 152 Å². The Morgan fingerprint density at radius 2 is 0.648 bits per heavy atom. The number of carbonyl (C=O) groups is 11. The van der Waals surface area contributed by atoms with Crippen molar-refractivity contribution in [2.75, 3.05) is 132 Å². The number of ketones is 1. The zero-order chi connectivity index (χ0) is 90.2. The highest BCUT2D eigenvalue weighted by Crippen LogP contribution is 2.27. The van der Waals surface area contributed by atoms with Crippen LogP contribution < -0.4 is 47.9 Å². The van der Waals surface area contributed by atoms with Crippen LogP contribution in [0.2, 0.25) is 0 Å². The summed E-state index contributed by atoms with van der Waals surface area (Å²) in [4.78, 5) is 135. The maximum atomic E-state index is 12.7. The van der Waals surface area contributed by atoms with Gasteiger partial charge in [0.1, 0.15) is 78.8 Å². The second-order valence-corrected chi connectivity index (χ2v) is 31.7. The predicted molar refractivity (Wildman–Crippen MR) is 437 cm³/mol. The van der Waals surface area contributed by atoms with Crippen molar-refractivity contribution in [2.45, 2.75) is 312 Å². The summed E-state index contributed by atoms with van der Waals surface area (Å²) in [5.74, 6) is -2.52. The van der Waals surface area contributed by atoms with E-state index in [1.807, 2.05) is 13.8 Å². The van der Waals surface area contributed by atoms with Gasteiger partial charge in [0.25, 0.3) is 0 Å². The van der Waals surface area contributed by atoms with E-state index >= 15 is 0 Å². The second kappa shape index (κ2) is 64.3. The van der Waals surface area contributed by atoms with Gasteiger partial charge in [-0.3, -0.25) is 52.7 Å². The highest BCUT2D eigenvalue weighted by Gasteiger charge is 2.48. The van der Waals surface area contributed by atoms with E-state index in [0.29, 0.717) is 109 Å². The largest absolute Gasteiger partial charge is 0.394 e. The monoisotopic (exact) mass is 1760 g/mol. The average molecular weight is 1760 g/mol. The third-order valence-electron chi connectivity index (χ3n) is 20.7. The Morgan fingerprint density at radius 3 is 0.934 bits per heavy atom. The summed E-state index contributed by atoms with van der Waals surface area (Å²) >= 11 is 0. The van der Waals surface area contributed by atoms with E-state index in [1.54, 1.807) is 4.90 Å². The molecule has 15 unspecified atom stereocenters. The fourth-order valence-electron chi connectivity index (χ4n) is 13.7. The van der Waals surface area contributed by atoms with E-state index in [4.69, 9.17) is 42.6 Å². The van der Waals surface area contributed by atoms with Crippen molar-refractivity contribution in [3.05, 3.63) is 0 Å². The molecule has 0 aromatic rings. The molecule has 0 aromatic heterocycles. The lowest BCUT2D eigenvalue weighted by atomic mass is 9.94. The van der Waals surface area contributed by atoms with Crippen molar-refractivity contribution in [2.24, 2.45) is 5.41 Å². The number of β-amino-alcohol motifs (C(OH)–C–C–N with tert-alkyl or cyclic N) is 1. The molecule has 4 aliphatic heterocycles. The van der Waals surface area contributed by atoms with Gasteiger partial charge in [-0.2, -0.15) is 0 Å². The Bertz CT molecular complexity index is 2750. The number of amides is 10. The molecular weight excluding hydrogens is 1610 g/mol. The summed E-state index contributed by atoms with van der Waals surface area (Å²) in [5.41, 5.74) is -0.791. The number of carbonyl (C=O) groups excluding carboxylic acids is 11. The third kappa shape index (κ3) is 46.2. The van der Waals surface area contributed by atoms with Crippen LogP contribution in [0, 0.1) is 5.41 Å². The van der Waals surface area contributed by atoms with Crippen molar-refractivity contribution in [3.63, 3.8) is 0 Å². The van der Waals surface area contributed by atoms with E-state index in [2.05, 4.69) is 47.9 Å². The molecule has 122 heavy (non-hydrogen) atoms. The van der Waals surface area contributed by atoms with E-state index in [1.165, 1.54) is 40.0 Å². The molecule has 706 valence electrons. The number of nitrogens with zero attached hydrogens (tertiary/aromatic N) is 1. The van der Waals surface area contributed by atoms with E-state index in [0.717, 1.165) is 38.5 Å². The number of unbranched alkanes of at least 4 members (excludes halogenated alkanes) is 10. The number of likely N-dealkylation sites (tertiary alicyclic amines) is 1. The average Bonchev–Trinajstić information content (AvgIpc) is 1.11. The van der Waals surface area contributed by atoms with Gasteiger partial charge in [0.2, 0.25) is 59.1 Å². The number of ether oxygens (including phenoxy) is 9. The summed E-state index contributed by atoms with van der Waals surface area (Å²) in [6.07, 6.45) is -0.0831. The minimum atomic E-state index is -1.44. The summed E-state index contributed by atoms with van der Waals surface area (Å²) in [6, 6.07) is -3.41. The Morgan fingerprint density at radius 1 is 0.361 bits per heavy atom. The molecule has 41 nitrogen and oxygen atoms in total. The molecular formula is C81H146N10O31. The van der Waals surface area contributed by atoms with Crippen LogP contribution >= 0.6 is 0 Å². The Kier molecular flexibility index (Phi) is 57.9. The lowest BCUT2D eigenvalue weighted by molar-refractivity contribution is -0.270. The predicted octanol–water partition coefficient (Wildman–Crippen LogP) is -3.71. The summed E-state index contributed by atoms with van der Waals surface area (Å²) in [7, 11) is 0. The molecule has 4 rings (SSSR count). The normalized spacial score (nSPS) is 24.9. The number of aliphatic hydroxyl groups is 11. The number of nitrogens with one attached hydrogen (secondary N) is 9. The van der Waals surface area contributed by atoms with Crippen LogP contribution in [0.3, 0.4) is 0 Å². The minimum absolute atomic E-state index is 0.0184. The summed E-state index contributed by atoms with van der Waals surface area (Å²) < 4.78 is 51.4. The molecule has 0 aliphatic carbocycles. The third-order valence-corrected chi connectivity index (χ3v) is 20.7. The van der Waals surface area contributed by atoms with Gasteiger partial charge in [0.05, 0.1) is 78.2 Å². The molecule has 4 saturated heterocycles. The van der Waals surface area contributed by atoms with E-state index in [9.17, 15) is 109 Å². The van der Waals surface area contributed by atoms with Gasteiger partial charge >= 0.3 is 0 Å². The molecule has 17 atom stereocenters. The zero-order valence-corrected chi connectivity index (χ0v) is 72.1. The summed E-state index contributed by atoms with van der Waals surface area (Å²) in [5, 5.41) is 133. The van der Waals surface area contributed by atoms with Crippen LogP contribution in [-0.2, 0) is 95.4 Å². The molecule has 10 amide bonds. The number of hydrogen-bond donors (Lipinski definition) is 20. The first-order chi connectivity index (χ1) is 58.4. The fourth-order valence-corrected chi connectivity index (χ4v) is 13.7. The van der Waals surface area contributed by atoms with Gasteiger partial charge in [-0.25, -0.2) is 0 Å². The van der Waals surface area contributed by atoms with E-state index in [-0.39, 0.29) is 172 Å². The van der Waals surface area contributed by atoms with Crippen molar-refractivity contribution in [1.29, 1.82) is 0 Å². The first-order valence-corrected chi connectivity index (χ1v) is 43.4. The second-order valence-electron chi connectivity index (χ2n) is 31.7. The Labute approximate surface area is 715 Å². The maximum absolute atomic E-state index is 12.7. The van der Waals surface area contributed by atoms with Crippen LogP contribution in [0.1, 0.15) is 208 Å². The molecule has 0 spiro atoms. The number of rotatable bonds is 64. The molecule has 0 aromatic carbocycles. The first-order valence-electron chi connectivity index (χ1n) is 43.4. The van der Waals surface area contributed by atoms with Gasteiger partial charge in [0.15, 0.2) is 18.9 Å². The lowest BCUT2D eigenvalue weighted by Crippen LogP contribution is -2.64. The van der Waals surface area contributed by atoms with Crippen LogP contribution in [0.25, 0.3) is 0 Å². The number of hydrogen-bond acceptors (Lipinski definition) is 31. The van der Waals surface area contributed by atoms with Crippen LogP contribution in [0.15, 0.2) is 0 Å². The molecule has 0 radical (unpaired) electrons. The van der Waals surface area contributed by atoms with Gasteiger partial charge in [0, 0.05) is 150 Å². The van der Waals surface area contributed by atoms with Gasteiger partial charge in [-0.1, -0.05) is 52.4 Å². The highest BCUT2D eigenvalue weighted by atomic mass is 16.7. The van der Waals surface area contributed by atoms with Crippen molar-refractivity contribution >= 4 is 64.9 Å². The van der Waals surface area contributed by atoms with Crippen molar-refractivity contribution < 1.29 is 152 Å². The standard InChI is InChI=1S/C62H111N9O27.C19H35NO4/c1-38(75)69-50-56(87)53(84)41(32-72)96-59(50)93-26-8-5-14-44(78)63-20-11-23-66-47(81)17-29-90-35-62(4,36-91-30-18-48(82)67-24-12-21-64-45(79)15-6-9-27-94-60-51(70-39(2)76)57(88)54(85)42(33-73)97-60)37-92-31-19-49(83)68-25-13-22-65-46(80)16-7-10-28-95-61-52(71-40(3)77)58(89)55(86)43(34-74)98-61;1-2-17(22)11-9-7-5-3-4-6-8-10-12-19(24)20-14-18(23)13-16(20)15-21/h41-43,50-61,72-74,84-89H,5-37H2,1-4H3,(H,63,78)(H,64,79)(H,65,80)(H,66,81)(H,67,82)(H,68,83)(H,69,75)(H,70,76)(H,71,77);16,18,21,23H,2-15H2,1H3/t;16-,18+/m.0/s1. The van der Waals surface area contributed by atoms with Crippen molar-refractivity contribution in [3.8, 4) is 0 Å². The quantitative estimate of drug-likeness (QED) is 0.0261. The Balaban J connectivity index is 0.00000137. The molecule has 0 saturated carbocycles. The Hall–Kier alpha value is -6.43. The number of aliphatic hydroxyl groups excluding tert-OH is 11. The maximum Gasteiger partial charge on any atom is 0.222 e. The number of Topliss-reactive ketones (excluding diaryl/α,β-unsaturated/α-hetero) is 1. The molecule has 4 heterocycles. The molecule has 4 aliphatic rings. The van der Waals surface area contributed by atoms with Crippen LogP contribution in [0.5, 0.6) is 0 Å². The molecule has 20 N–H and O–H groups in total. The molecule has 4 fully saturated rings. The first kappa shape index (κ1) is 110. The fraction of sp³-hybridized carbons (Fsp3) is 0.864.